The van der Waals surface area contributed by atoms with Gasteiger partial charge in [-0.3, -0.25) is 0 Å². The summed E-state index contributed by atoms with van der Waals surface area (Å²) < 4.78 is 29.1. The average Bonchev–Trinajstić information content (AvgIpc) is 2.48. The van der Waals surface area contributed by atoms with E-state index in [1.54, 1.807) is 19.2 Å². The Morgan fingerprint density at radius 1 is 0.900 bits per heavy atom. The number of hydrogen-bond donors (Lipinski definition) is 0. The van der Waals surface area contributed by atoms with E-state index in [2.05, 4.69) is 0 Å². The normalized spacial score (nSPS) is 11.4. The molecule has 0 unspecified atom stereocenters. The molecule has 0 saturated heterocycles. The molecular weight excluding hydrogens is 272 g/mol. The maximum absolute atomic E-state index is 12.1. The molecule has 0 heterocycles. The summed E-state index contributed by atoms with van der Waals surface area (Å²) in [5.41, 5.74) is 2.09. The molecule has 4 heteroatoms. The van der Waals surface area contributed by atoms with Crippen molar-refractivity contribution < 1.29 is 13.2 Å². The minimum absolute atomic E-state index is 0.117. The number of sulfone groups is 1. The van der Waals surface area contributed by atoms with Gasteiger partial charge in [0.15, 0.2) is 9.84 Å². The molecule has 0 aliphatic carbocycles. The first kappa shape index (κ1) is 14.8. The summed E-state index contributed by atoms with van der Waals surface area (Å²) in [6.07, 6.45) is 0.513. The fourth-order valence-corrected chi connectivity index (χ4v) is 3.28. The predicted octanol–water partition coefficient (Wildman–Crippen LogP) is 3.16. The number of hydrogen-bond acceptors (Lipinski definition) is 3. The third-order valence-electron chi connectivity index (χ3n) is 3.08. The van der Waals surface area contributed by atoms with Crippen molar-refractivity contribution in [3.63, 3.8) is 0 Å². The molecule has 0 bridgehead atoms. The fraction of sp³-hybridized carbons (Fsp3) is 0.250. The topological polar surface area (TPSA) is 43.4 Å². The number of methoxy groups -OCH3 is 1. The fourth-order valence-electron chi connectivity index (χ4n) is 2.00. The van der Waals surface area contributed by atoms with E-state index in [-0.39, 0.29) is 5.75 Å². The number of benzene rings is 2. The van der Waals surface area contributed by atoms with Crippen LogP contribution < -0.4 is 0 Å². The van der Waals surface area contributed by atoms with Crippen molar-refractivity contribution >= 4 is 9.84 Å². The van der Waals surface area contributed by atoms with Gasteiger partial charge >= 0.3 is 0 Å². The van der Waals surface area contributed by atoms with Gasteiger partial charge in [-0.15, -0.1) is 0 Å². The molecule has 2 aromatic carbocycles. The first-order valence-electron chi connectivity index (χ1n) is 6.51. The van der Waals surface area contributed by atoms with Crippen molar-refractivity contribution in [1.82, 2.24) is 0 Å². The van der Waals surface area contributed by atoms with E-state index >= 15 is 0 Å². The van der Waals surface area contributed by atoms with Crippen molar-refractivity contribution in [3.05, 3.63) is 54.6 Å². The summed E-state index contributed by atoms with van der Waals surface area (Å²) in [5, 5.41) is 0. The van der Waals surface area contributed by atoms with Crippen molar-refractivity contribution in [2.75, 3.05) is 19.5 Å². The van der Waals surface area contributed by atoms with Gasteiger partial charge in [-0.05, 0) is 29.7 Å². The lowest BCUT2D eigenvalue weighted by atomic mass is 10.1. The van der Waals surface area contributed by atoms with Gasteiger partial charge in [0, 0.05) is 13.7 Å². The van der Waals surface area contributed by atoms with Crippen LogP contribution in [-0.2, 0) is 14.6 Å². The van der Waals surface area contributed by atoms with E-state index in [0.29, 0.717) is 17.9 Å². The van der Waals surface area contributed by atoms with E-state index in [1.807, 2.05) is 42.5 Å². The zero-order chi connectivity index (χ0) is 14.4. The molecule has 0 amide bonds. The van der Waals surface area contributed by atoms with Gasteiger partial charge in [0.25, 0.3) is 0 Å². The van der Waals surface area contributed by atoms with Crippen molar-refractivity contribution in [2.24, 2.45) is 0 Å². The van der Waals surface area contributed by atoms with E-state index in [1.165, 1.54) is 0 Å². The summed E-state index contributed by atoms with van der Waals surface area (Å²) in [7, 11) is -1.64. The SMILES string of the molecule is COCCCS(=O)(=O)c1ccc(-c2ccccc2)cc1. The summed E-state index contributed by atoms with van der Waals surface area (Å²) in [5.74, 6) is 0.117. The van der Waals surface area contributed by atoms with Crippen LogP contribution in [0, 0.1) is 0 Å². The Labute approximate surface area is 120 Å². The maximum Gasteiger partial charge on any atom is 0.178 e. The molecule has 2 aromatic rings. The predicted molar refractivity (Wildman–Crippen MR) is 80.4 cm³/mol. The van der Waals surface area contributed by atoms with Crippen LogP contribution in [-0.4, -0.2) is 27.9 Å². The van der Waals surface area contributed by atoms with Crippen LogP contribution in [0.5, 0.6) is 0 Å². The van der Waals surface area contributed by atoms with Crippen LogP contribution in [0.25, 0.3) is 11.1 Å². The van der Waals surface area contributed by atoms with Crippen LogP contribution in [0.15, 0.2) is 59.5 Å². The first-order valence-corrected chi connectivity index (χ1v) is 8.16. The summed E-state index contributed by atoms with van der Waals surface area (Å²) in [4.78, 5) is 0.369. The zero-order valence-corrected chi connectivity index (χ0v) is 12.3. The Hall–Kier alpha value is -1.65. The summed E-state index contributed by atoms with van der Waals surface area (Å²) in [6, 6.07) is 16.9. The molecule has 20 heavy (non-hydrogen) atoms. The van der Waals surface area contributed by atoms with Crippen LogP contribution >= 0.6 is 0 Å². The summed E-state index contributed by atoms with van der Waals surface area (Å²) >= 11 is 0. The third-order valence-corrected chi connectivity index (χ3v) is 4.90. The molecule has 2 rings (SSSR count). The van der Waals surface area contributed by atoms with Crippen LogP contribution in [0.2, 0.25) is 0 Å². The lowest BCUT2D eigenvalue weighted by molar-refractivity contribution is 0.199. The largest absolute Gasteiger partial charge is 0.385 e. The Balaban J connectivity index is 2.16. The number of ether oxygens (including phenoxy) is 1. The Morgan fingerprint density at radius 2 is 1.50 bits per heavy atom. The molecule has 0 saturated carbocycles. The van der Waals surface area contributed by atoms with E-state index in [9.17, 15) is 8.42 Å². The van der Waals surface area contributed by atoms with Gasteiger partial charge in [0.05, 0.1) is 10.6 Å². The third kappa shape index (κ3) is 3.68. The Kier molecular flexibility index (Phi) is 4.93. The zero-order valence-electron chi connectivity index (χ0n) is 11.5. The molecule has 0 atom stereocenters. The highest BCUT2D eigenvalue weighted by atomic mass is 32.2. The molecule has 3 nitrogen and oxygen atoms in total. The van der Waals surface area contributed by atoms with E-state index in [4.69, 9.17) is 4.74 Å². The highest BCUT2D eigenvalue weighted by Crippen LogP contribution is 2.21. The van der Waals surface area contributed by atoms with E-state index in [0.717, 1.165) is 11.1 Å². The minimum atomic E-state index is -3.21. The second kappa shape index (κ2) is 6.68. The van der Waals surface area contributed by atoms with Crippen molar-refractivity contribution in [1.29, 1.82) is 0 Å². The monoisotopic (exact) mass is 290 g/mol. The highest BCUT2D eigenvalue weighted by Gasteiger charge is 2.13. The molecule has 0 radical (unpaired) electrons. The molecular formula is C16H18O3S. The molecule has 0 aromatic heterocycles. The Morgan fingerprint density at radius 3 is 2.10 bits per heavy atom. The van der Waals surface area contributed by atoms with Crippen molar-refractivity contribution in [2.45, 2.75) is 11.3 Å². The van der Waals surface area contributed by atoms with Gasteiger partial charge in [-0.2, -0.15) is 0 Å². The smallest absolute Gasteiger partial charge is 0.178 e. The molecule has 106 valence electrons. The standard InChI is InChI=1S/C16H18O3S/c1-19-12-5-13-20(17,18)16-10-8-15(9-11-16)14-6-3-2-4-7-14/h2-4,6-11H,5,12-13H2,1H3. The lowest BCUT2D eigenvalue weighted by Gasteiger charge is -2.06. The van der Waals surface area contributed by atoms with Crippen LogP contribution in [0.3, 0.4) is 0 Å². The van der Waals surface area contributed by atoms with E-state index < -0.39 is 9.84 Å². The van der Waals surface area contributed by atoms with Crippen molar-refractivity contribution in [3.8, 4) is 11.1 Å². The van der Waals surface area contributed by atoms with Crippen LogP contribution in [0.4, 0.5) is 0 Å². The first-order chi connectivity index (χ1) is 9.63. The Bertz CT molecular complexity index is 631. The minimum Gasteiger partial charge on any atom is -0.385 e. The second-order valence-electron chi connectivity index (χ2n) is 4.56. The number of rotatable bonds is 6. The van der Waals surface area contributed by atoms with Crippen LogP contribution in [0.1, 0.15) is 6.42 Å². The molecule has 0 spiro atoms. The van der Waals surface area contributed by atoms with Gasteiger partial charge in [0.1, 0.15) is 0 Å². The average molecular weight is 290 g/mol. The van der Waals surface area contributed by atoms with Gasteiger partial charge in [-0.1, -0.05) is 42.5 Å². The molecule has 0 aliphatic rings. The summed E-state index contributed by atoms with van der Waals surface area (Å²) in [6.45, 7) is 0.460. The second-order valence-corrected chi connectivity index (χ2v) is 6.66. The quantitative estimate of drug-likeness (QED) is 0.768. The van der Waals surface area contributed by atoms with Gasteiger partial charge < -0.3 is 4.74 Å². The van der Waals surface area contributed by atoms with Gasteiger partial charge in [-0.25, -0.2) is 8.42 Å². The lowest BCUT2D eigenvalue weighted by Crippen LogP contribution is -2.08. The molecule has 0 aliphatic heterocycles. The highest BCUT2D eigenvalue weighted by molar-refractivity contribution is 7.91. The maximum atomic E-state index is 12.1. The van der Waals surface area contributed by atoms with Gasteiger partial charge in [0.2, 0.25) is 0 Å². The molecule has 0 N–H and O–H groups in total. The molecule has 0 fully saturated rings.